The third-order valence-corrected chi connectivity index (χ3v) is 8.24. The minimum Gasteiger partial charge on any atom is -0.379 e. The average Bonchev–Trinajstić information content (AvgIpc) is 3.21. The van der Waals surface area contributed by atoms with Gasteiger partial charge in [-0.1, -0.05) is 22.0 Å². The summed E-state index contributed by atoms with van der Waals surface area (Å²) in [4.78, 5) is 26.4. The van der Waals surface area contributed by atoms with Crippen molar-refractivity contribution in [1.82, 2.24) is 20.2 Å². The summed E-state index contributed by atoms with van der Waals surface area (Å²) in [6.45, 7) is 5.41. The Morgan fingerprint density at radius 1 is 1.26 bits per heavy atom. The number of benzene rings is 1. The van der Waals surface area contributed by atoms with Crippen molar-refractivity contribution in [2.24, 2.45) is 5.92 Å². The van der Waals surface area contributed by atoms with Crippen LogP contribution in [0.5, 0.6) is 0 Å². The number of hydrogen-bond acceptors (Lipinski definition) is 7. The van der Waals surface area contributed by atoms with Crippen molar-refractivity contribution < 1.29 is 9.53 Å². The summed E-state index contributed by atoms with van der Waals surface area (Å²) in [7, 11) is 0. The number of morpholine rings is 1. The molecular weight excluding hydrogens is 514 g/mol. The molecule has 3 heterocycles. The zero-order valence-electron chi connectivity index (χ0n) is 19.2. The lowest BCUT2D eigenvalue weighted by Gasteiger charge is -2.26. The maximum atomic E-state index is 12.6. The molecule has 7 nitrogen and oxygen atoms in total. The lowest BCUT2D eigenvalue weighted by molar-refractivity contribution is -0.122. The molecule has 1 aromatic carbocycles. The van der Waals surface area contributed by atoms with Gasteiger partial charge < -0.3 is 15.4 Å². The summed E-state index contributed by atoms with van der Waals surface area (Å²) in [5, 5.41) is 7.74. The van der Waals surface area contributed by atoms with Gasteiger partial charge in [0.2, 0.25) is 5.91 Å². The number of amides is 1. The van der Waals surface area contributed by atoms with Crippen LogP contribution in [0.4, 0.5) is 11.5 Å². The molecule has 0 bridgehead atoms. The summed E-state index contributed by atoms with van der Waals surface area (Å²) in [5.41, 5.74) is 2.34. The minimum absolute atomic E-state index is 0.174. The van der Waals surface area contributed by atoms with Gasteiger partial charge in [-0.05, 0) is 61.9 Å². The lowest BCUT2D eigenvalue weighted by Crippen LogP contribution is -2.38. The van der Waals surface area contributed by atoms with Crippen LogP contribution < -0.4 is 10.6 Å². The molecule has 1 atom stereocenters. The van der Waals surface area contributed by atoms with Crippen molar-refractivity contribution in [2.75, 3.05) is 44.7 Å². The standard InChI is InChI=1S/C25H30BrN5O2S/c26-18-3-1-4-19(15-18)30-24-23-20-6-5-17(13-21(20)34-25(23)29-16-28-24)14-22(32)27-7-2-8-31-9-11-33-12-10-31/h1,3-4,15-17H,2,5-14H2,(H,27,32)(H,28,29,30). The van der Waals surface area contributed by atoms with Gasteiger partial charge in [0.05, 0.1) is 18.6 Å². The molecule has 9 heteroatoms. The quantitative estimate of drug-likeness (QED) is 0.406. The fourth-order valence-corrected chi connectivity index (χ4v) is 6.54. The molecule has 2 aliphatic rings. The first kappa shape index (κ1) is 23.7. The molecule has 1 aliphatic heterocycles. The highest BCUT2D eigenvalue weighted by Crippen LogP contribution is 2.41. The van der Waals surface area contributed by atoms with Gasteiger partial charge in [-0.25, -0.2) is 9.97 Å². The Morgan fingerprint density at radius 2 is 2.15 bits per heavy atom. The third-order valence-electron chi connectivity index (χ3n) is 6.59. The monoisotopic (exact) mass is 543 g/mol. The molecule has 1 unspecified atom stereocenters. The van der Waals surface area contributed by atoms with Crippen LogP contribution in [0.3, 0.4) is 0 Å². The first-order valence-electron chi connectivity index (χ1n) is 12.0. The van der Waals surface area contributed by atoms with E-state index in [9.17, 15) is 4.79 Å². The number of thiophene rings is 1. The molecule has 1 aliphatic carbocycles. The number of carbonyl (C=O) groups excluding carboxylic acids is 1. The van der Waals surface area contributed by atoms with E-state index < -0.39 is 0 Å². The molecule has 2 N–H and O–H groups in total. The van der Waals surface area contributed by atoms with E-state index in [0.717, 1.165) is 91.3 Å². The lowest BCUT2D eigenvalue weighted by atomic mass is 9.85. The minimum atomic E-state index is 0.174. The van der Waals surface area contributed by atoms with Gasteiger partial charge >= 0.3 is 0 Å². The molecule has 3 aromatic rings. The van der Waals surface area contributed by atoms with Gasteiger partial charge in [-0.2, -0.15) is 0 Å². The second kappa shape index (κ2) is 11.1. The van der Waals surface area contributed by atoms with Gasteiger partial charge in [0.1, 0.15) is 17.0 Å². The fraction of sp³-hybridized carbons (Fsp3) is 0.480. The normalized spacial score (nSPS) is 18.6. The molecule has 34 heavy (non-hydrogen) atoms. The second-order valence-electron chi connectivity index (χ2n) is 9.01. The number of halogens is 1. The van der Waals surface area contributed by atoms with Crippen molar-refractivity contribution in [1.29, 1.82) is 0 Å². The van der Waals surface area contributed by atoms with Gasteiger partial charge in [0.15, 0.2) is 0 Å². The van der Waals surface area contributed by atoms with Crippen LogP contribution in [0.15, 0.2) is 35.1 Å². The zero-order valence-corrected chi connectivity index (χ0v) is 21.6. The summed E-state index contributed by atoms with van der Waals surface area (Å²) in [5.74, 6) is 1.42. The number of rotatable bonds is 8. The van der Waals surface area contributed by atoms with Crippen molar-refractivity contribution in [3.63, 3.8) is 0 Å². The maximum Gasteiger partial charge on any atom is 0.220 e. The van der Waals surface area contributed by atoms with Crippen LogP contribution in [0.2, 0.25) is 0 Å². The molecular formula is C25H30BrN5O2S. The largest absolute Gasteiger partial charge is 0.379 e. The van der Waals surface area contributed by atoms with Crippen LogP contribution in [-0.2, 0) is 22.4 Å². The number of anilines is 2. The third kappa shape index (κ3) is 5.76. The first-order valence-corrected chi connectivity index (χ1v) is 13.6. The molecule has 0 saturated carbocycles. The molecule has 180 valence electrons. The SMILES string of the molecule is O=C(CC1CCc2c(sc3ncnc(Nc4cccc(Br)c4)c23)C1)NCCCN1CCOCC1. The fourth-order valence-electron chi connectivity index (χ4n) is 4.84. The number of nitrogens with zero attached hydrogens (tertiary/aromatic N) is 3. The molecule has 5 rings (SSSR count). The van der Waals surface area contributed by atoms with Gasteiger partial charge in [0.25, 0.3) is 0 Å². The number of hydrogen-bond donors (Lipinski definition) is 2. The Bertz CT molecular complexity index is 1150. The molecule has 0 radical (unpaired) electrons. The summed E-state index contributed by atoms with van der Waals surface area (Å²) >= 11 is 5.28. The Labute approximate surface area is 212 Å². The number of ether oxygens (including phenoxy) is 1. The Balaban J connectivity index is 1.17. The average molecular weight is 545 g/mol. The highest BCUT2D eigenvalue weighted by atomic mass is 79.9. The number of aryl methyl sites for hydroxylation is 1. The molecule has 1 fully saturated rings. The van der Waals surface area contributed by atoms with E-state index in [2.05, 4.69) is 41.4 Å². The van der Waals surface area contributed by atoms with Crippen LogP contribution in [0.1, 0.15) is 29.7 Å². The van der Waals surface area contributed by atoms with Crippen molar-refractivity contribution >= 4 is 54.9 Å². The summed E-state index contributed by atoms with van der Waals surface area (Å²) in [6, 6.07) is 8.09. The first-order chi connectivity index (χ1) is 16.7. The number of nitrogens with one attached hydrogen (secondary N) is 2. The second-order valence-corrected chi connectivity index (χ2v) is 11.0. The van der Waals surface area contributed by atoms with Crippen LogP contribution in [0, 0.1) is 5.92 Å². The molecule has 2 aromatic heterocycles. The van der Waals surface area contributed by atoms with Crippen LogP contribution >= 0.6 is 27.3 Å². The van der Waals surface area contributed by atoms with E-state index in [1.807, 2.05) is 24.3 Å². The highest BCUT2D eigenvalue weighted by molar-refractivity contribution is 9.10. The van der Waals surface area contributed by atoms with Gasteiger partial charge in [-0.15, -0.1) is 11.3 Å². The van der Waals surface area contributed by atoms with E-state index in [1.54, 1.807) is 17.7 Å². The van der Waals surface area contributed by atoms with Crippen LogP contribution in [0.25, 0.3) is 10.2 Å². The smallest absolute Gasteiger partial charge is 0.220 e. The van der Waals surface area contributed by atoms with E-state index in [4.69, 9.17) is 4.74 Å². The topological polar surface area (TPSA) is 79.4 Å². The zero-order chi connectivity index (χ0) is 23.3. The van der Waals surface area contributed by atoms with Gasteiger partial charge in [0, 0.05) is 41.1 Å². The van der Waals surface area contributed by atoms with Crippen molar-refractivity contribution in [3.8, 4) is 0 Å². The number of fused-ring (bicyclic) bond motifs is 3. The number of aromatic nitrogens is 2. The predicted molar refractivity (Wildman–Crippen MR) is 140 cm³/mol. The Kier molecular flexibility index (Phi) is 7.73. The highest BCUT2D eigenvalue weighted by Gasteiger charge is 2.26. The van der Waals surface area contributed by atoms with E-state index >= 15 is 0 Å². The Hall–Kier alpha value is -2.07. The maximum absolute atomic E-state index is 12.6. The van der Waals surface area contributed by atoms with Crippen LogP contribution in [-0.4, -0.2) is 60.2 Å². The Morgan fingerprint density at radius 3 is 3.00 bits per heavy atom. The molecule has 1 amide bonds. The predicted octanol–water partition coefficient (Wildman–Crippen LogP) is 4.53. The summed E-state index contributed by atoms with van der Waals surface area (Å²) in [6.07, 6.45) is 6.14. The van der Waals surface area contributed by atoms with Gasteiger partial charge in [-0.3, -0.25) is 9.69 Å². The molecule has 1 saturated heterocycles. The summed E-state index contributed by atoms with van der Waals surface area (Å²) < 4.78 is 6.41. The van der Waals surface area contributed by atoms with E-state index in [-0.39, 0.29) is 5.91 Å². The van der Waals surface area contributed by atoms with E-state index in [1.165, 1.54) is 10.4 Å². The van der Waals surface area contributed by atoms with Crippen molar-refractivity contribution in [2.45, 2.75) is 32.1 Å². The van der Waals surface area contributed by atoms with Crippen molar-refractivity contribution in [3.05, 3.63) is 45.5 Å². The molecule has 0 spiro atoms. The number of carbonyl (C=O) groups is 1. The van der Waals surface area contributed by atoms with E-state index in [0.29, 0.717) is 12.3 Å².